The maximum Gasteiger partial charge on any atom is 0.344 e. The van der Waals surface area contributed by atoms with Crippen molar-refractivity contribution in [2.75, 3.05) is 23.8 Å². The zero-order chi connectivity index (χ0) is 23.0. The molecular weight excluding hydrogens is 417 g/mol. The Kier molecular flexibility index (Phi) is 8.87. The molecule has 1 aliphatic rings. The van der Waals surface area contributed by atoms with Crippen LogP contribution in [0.5, 0.6) is 0 Å². The summed E-state index contributed by atoms with van der Waals surface area (Å²) in [5, 5.41) is 3.24. The van der Waals surface area contributed by atoms with Crippen LogP contribution in [0.1, 0.15) is 55.7 Å². The van der Waals surface area contributed by atoms with E-state index in [0.29, 0.717) is 12.8 Å². The minimum atomic E-state index is -1.83. The van der Waals surface area contributed by atoms with Gasteiger partial charge in [0, 0.05) is 12.9 Å². The van der Waals surface area contributed by atoms with Crippen LogP contribution in [0.3, 0.4) is 0 Å². The first-order valence-corrected chi connectivity index (χ1v) is 14.3. The highest BCUT2D eigenvalue weighted by atomic mass is 31.2. The van der Waals surface area contributed by atoms with Crippen LogP contribution in [0.2, 0.25) is 0 Å². The monoisotopic (exact) mass is 454 g/mol. The Balaban J connectivity index is 1.78. The van der Waals surface area contributed by atoms with Crippen LogP contribution in [0.25, 0.3) is 0 Å². The minimum Gasteiger partial charge on any atom is -0.458 e. The van der Waals surface area contributed by atoms with E-state index in [1.165, 1.54) is 12.8 Å². The van der Waals surface area contributed by atoms with Gasteiger partial charge < -0.3 is 10.1 Å². The second-order valence-electron chi connectivity index (χ2n) is 9.06. The third-order valence-electron chi connectivity index (χ3n) is 6.72. The molecule has 0 spiro atoms. The molecule has 0 aliphatic carbocycles. The first kappa shape index (κ1) is 24.5. The molecule has 0 saturated carbocycles. The molecule has 2 aromatic carbocycles. The molecule has 1 unspecified atom stereocenters. The molecule has 3 rings (SSSR count). The lowest BCUT2D eigenvalue weighted by atomic mass is 10.1. The van der Waals surface area contributed by atoms with E-state index in [2.05, 4.69) is 12.2 Å². The van der Waals surface area contributed by atoms with E-state index in [9.17, 15) is 9.59 Å². The Morgan fingerprint density at radius 3 is 2.16 bits per heavy atom. The first-order valence-electron chi connectivity index (χ1n) is 11.9. The summed E-state index contributed by atoms with van der Waals surface area (Å²) < 4.78 is 5.68. The molecule has 4 nitrogen and oxygen atoms in total. The number of amides is 1. The van der Waals surface area contributed by atoms with E-state index < -0.39 is 7.26 Å². The molecule has 0 bridgehead atoms. The highest BCUT2D eigenvalue weighted by Gasteiger charge is 2.50. The van der Waals surface area contributed by atoms with Crippen molar-refractivity contribution in [3.63, 3.8) is 0 Å². The SMILES string of the molecule is CCC(C(=O)Nc1c(C)cccc1C)[P+]1(CC(=O)OCc2ccccc2)CCCCCC1. The van der Waals surface area contributed by atoms with Crippen molar-refractivity contribution in [1.82, 2.24) is 0 Å². The third kappa shape index (κ3) is 6.19. The number of carbonyl (C=O) groups excluding carboxylic acids is 2. The van der Waals surface area contributed by atoms with E-state index in [4.69, 9.17) is 4.74 Å². The molecule has 1 N–H and O–H groups in total. The lowest BCUT2D eigenvalue weighted by molar-refractivity contribution is -0.141. The van der Waals surface area contributed by atoms with Gasteiger partial charge >= 0.3 is 5.97 Å². The van der Waals surface area contributed by atoms with Crippen molar-refractivity contribution in [3.8, 4) is 0 Å². The van der Waals surface area contributed by atoms with E-state index >= 15 is 0 Å². The summed E-state index contributed by atoms with van der Waals surface area (Å²) in [6.07, 6.45) is 7.78. The van der Waals surface area contributed by atoms with E-state index in [-0.39, 0.29) is 17.5 Å². The fourth-order valence-electron chi connectivity index (χ4n) is 4.98. The second kappa shape index (κ2) is 11.6. The van der Waals surface area contributed by atoms with Gasteiger partial charge in [-0.2, -0.15) is 0 Å². The lowest BCUT2D eigenvalue weighted by Gasteiger charge is -2.32. The summed E-state index contributed by atoms with van der Waals surface area (Å²) in [7, 11) is -1.83. The highest BCUT2D eigenvalue weighted by molar-refractivity contribution is 7.78. The lowest BCUT2D eigenvalue weighted by Crippen LogP contribution is -2.35. The normalized spacial score (nSPS) is 16.6. The van der Waals surface area contributed by atoms with E-state index in [1.807, 2.05) is 62.4 Å². The minimum absolute atomic E-state index is 0.0796. The summed E-state index contributed by atoms with van der Waals surface area (Å²) in [6.45, 7) is 6.45. The number of esters is 1. The highest BCUT2D eigenvalue weighted by Crippen LogP contribution is 2.66. The molecule has 1 aliphatic heterocycles. The van der Waals surface area contributed by atoms with Gasteiger partial charge in [-0.15, -0.1) is 0 Å². The summed E-state index contributed by atoms with van der Waals surface area (Å²) in [4.78, 5) is 26.6. The van der Waals surface area contributed by atoms with Crippen molar-refractivity contribution < 1.29 is 14.3 Å². The second-order valence-corrected chi connectivity index (χ2v) is 13.3. The zero-order valence-electron chi connectivity index (χ0n) is 19.7. The number of hydrogen-bond donors (Lipinski definition) is 1. The molecule has 1 fully saturated rings. The first-order chi connectivity index (χ1) is 15.4. The largest absolute Gasteiger partial charge is 0.458 e. The molecule has 1 amide bonds. The maximum absolute atomic E-state index is 13.6. The number of nitrogens with one attached hydrogen (secondary N) is 1. The van der Waals surface area contributed by atoms with Crippen molar-refractivity contribution >= 4 is 24.8 Å². The number of anilines is 1. The molecule has 0 radical (unpaired) electrons. The smallest absolute Gasteiger partial charge is 0.344 e. The van der Waals surface area contributed by atoms with Gasteiger partial charge in [0.15, 0.2) is 6.16 Å². The van der Waals surface area contributed by atoms with Gasteiger partial charge in [-0.05, 0) is 62.6 Å². The number of benzene rings is 2. The number of hydrogen-bond acceptors (Lipinski definition) is 3. The van der Waals surface area contributed by atoms with Crippen molar-refractivity contribution in [2.45, 2.75) is 65.1 Å². The summed E-state index contributed by atoms with van der Waals surface area (Å²) in [6, 6.07) is 15.9. The Morgan fingerprint density at radius 1 is 0.938 bits per heavy atom. The standard InChI is InChI=1S/C27H36NO3P/c1-4-24(27(30)28-26-21(2)13-12-14-22(26)3)32(17-10-5-6-11-18-32)20-25(29)31-19-23-15-8-7-9-16-23/h7-9,12-16,24H,4-6,10-11,17-20H2,1-3H3/p+1. The van der Waals surface area contributed by atoms with Crippen LogP contribution in [0.15, 0.2) is 48.5 Å². The molecule has 172 valence electrons. The Hall–Kier alpha value is -2.19. The molecule has 2 aromatic rings. The van der Waals surface area contributed by atoms with Crippen LogP contribution in [-0.2, 0) is 20.9 Å². The average Bonchev–Trinajstić information content (AvgIpc) is 3.02. The number of rotatable bonds is 8. The van der Waals surface area contributed by atoms with Crippen molar-refractivity contribution in [2.24, 2.45) is 0 Å². The van der Waals surface area contributed by atoms with Gasteiger partial charge in [-0.3, -0.25) is 4.79 Å². The van der Waals surface area contributed by atoms with Gasteiger partial charge in [0.05, 0.1) is 12.3 Å². The Morgan fingerprint density at radius 2 is 1.56 bits per heavy atom. The molecular formula is C27H37NO3P+. The molecule has 32 heavy (non-hydrogen) atoms. The maximum atomic E-state index is 13.6. The molecule has 1 heterocycles. The molecule has 5 heteroatoms. The van der Waals surface area contributed by atoms with Gasteiger partial charge in [-0.1, -0.05) is 55.5 Å². The van der Waals surface area contributed by atoms with Gasteiger partial charge in [0.1, 0.15) is 12.3 Å². The summed E-state index contributed by atoms with van der Waals surface area (Å²) in [5.74, 6) is -0.0709. The number of ether oxygens (including phenoxy) is 1. The third-order valence-corrected chi connectivity index (χ3v) is 11.9. The average molecular weight is 455 g/mol. The van der Waals surface area contributed by atoms with Crippen LogP contribution < -0.4 is 5.32 Å². The molecule has 0 aromatic heterocycles. The number of aryl methyl sites for hydroxylation is 2. The number of para-hydroxylation sites is 1. The van der Waals surface area contributed by atoms with Gasteiger partial charge in [0.2, 0.25) is 0 Å². The number of carbonyl (C=O) groups is 2. The topological polar surface area (TPSA) is 55.4 Å². The van der Waals surface area contributed by atoms with E-state index in [1.54, 1.807) is 0 Å². The quantitative estimate of drug-likeness (QED) is 0.373. The Labute approximate surface area is 193 Å². The van der Waals surface area contributed by atoms with Crippen LogP contribution >= 0.6 is 7.26 Å². The zero-order valence-corrected chi connectivity index (χ0v) is 20.6. The predicted octanol–water partition coefficient (Wildman–Crippen LogP) is 6.36. The Bertz CT molecular complexity index is 884. The molecule has 1 atom stereocenters. The fraction of sp³-hybridized carbons (Fsp3) is 0.481. The van der Waals surface area contributed by atoms with Crippen LogP contribution in [-0.4, -0.2) is 36.0 Å². The van der Waals surface area contributed by atoms with E-state index in [0.717, 1.165) is 54.0 Å². The molecule has 1 saturated heterocycles. The van der Waals surface area contributed by atoms with Crippen LogP contribution in [0.4, 0.5) is 5.69 Å². The summed E-state index contributed by atoms with van der Waals surface area (Å²) >= 11 is 0. The van der Waals surface area contributed by atoms with Gasteiger partial charge in [0.25, 0.3) is 5.91 Å². The van der Waals surface area contributed by atoms with Gasteiger partial charge in [-0.25, -0.2) is 4.79 Å². The van der Waals surface area contributed by atoms with Crippen molar-refractivity contribution in [1.29, 1.82) is 0 Å². The predicted molar refractivity (Wildman–Crippen MR) is 135 cm³/mol. The van der Waals surface area contributed by atoms with Crippen molar-refractivity contribution in [3.05, 3.63) is 65.2 Å². The van der Waals surface area contributed by atoms with Crippen LogP contribution in [0, 0.1) is 13.8 Å². The summed E-state index contributed by atoms with van der Waals surface area (Å²) in [5.41, 5.74) is 3.95. The fourth-order valence-corrected chi connectivity index (χ4v) is 10.0.